The molecule has 2 N–H and O–H groups in total. The first-order chi connectivity index (χ1) is 15.1. The second-order valence-corrected chi connectivity index (χ2v) is 7.01. The van der Waals surface area contributed by atoms with Gasteiger partial charge in [0.15, 0.2) is 0 Å². The highest BCUT2D eigenvalue weighted by molar-refractivity contribution is 5.89. The molecule has 3 aromatic rings. The lowest BCUT2D eigenvalue weighted by atomic mass is 9.98. The van der Waals surface area contributed by atoms with Gasteiger partial charge in [-0.05, 0) is 40.3 Å². The third kappa shape index (κ3) is 4.41. The molecule has 0 atom stereocenters. The zero-order chi connectivity index (χ0) is 21.6. The minimum atomic E-state index is -1.07. The van der Waals surface area contributed by atoms with Gasteiger partial charge in [-0.2, -0.15) is 0 Å². The van der Waals surface area contributed by atoms with Crippen molar-refractivity contribution >= 4 is 12.1 Å². The van der Waals surface area contributed by atoms with Crippen LogP contribution in [0.2, 0.25) is 0 Å². The van der Waals surface area contributed by atoms with Crippen LogP contribution in [0.4, 0.5) is 4.79 Å². The molecule has 0 saturated heterocycles. The molecule has 1 aromatic heterocycles. The Morgan fingerprint density at radius 1 is 1.00 bits per heavy atom. The SMILES string of the molecule is O=C(NCCC#Cc1ncccc1C(=O)O)OCC1c2ccccc2-c2ccccc21. The predicted octanol–water partition coefficient (Wildman–Crippen LogP) is 4.06. The average Bonchev–Trinajstić information content (AvgIpc) is 3.11. The quantitative estimate of drug-likeness (QED) is 0.487. The zero-order valence-corrected chi connectivity index (χ0v) is 16.7. The second kappa shape index (κ2) is 9.14. The number of carbonyl (C=O) groups is 2. The van der Waals surface area contributed by atoms with Crippen LogP contribution in [-0.2, 0) is 4.74 Å². The van der Waals surface area contributed by atoms with Gasteiger partial charge in [0.25, 0.3) is 0 Å². The normalized spacial score (nSPS) is 11.6. The molecule has 0 radical (unpaired) electrons. The summed E-state index contributed by atoms with van der Waals surface area (Å²) < 4.78 is 5.47. The minimum absolute atomic E-state index is 0.0107. The molecule has 31 heavy (non-hydrogen) atoms. The van der Waals surface area contributed by atoms with E-state index in [4.69, 9.17) is 9.84 Å². The van der Waals surface area contributed by atoms with E-state index in [-0.39, 0.29) is 23.8 Å². The second-order valence-electron chi connectivity index (χ2n) is 7.01. The topological polar surface area (TPSA) is 88.5 Å². The van der Waals surface area contributed by atoms with E-state index in [0.717, 1.165) is 11.1 Å². The van der Waals surface area contributed by atoms with Gasteiger partial charge in [-0.15, -0.1) is 0 Å². The van der Waals surface area contributed by atoms with E-state index in [9.17, 15) is 9.59 Å². The van der Waals surface area contributed by atoms with E-state index in [1.54, 1.807) is 6.07 Å². The van der Waals surface area contributed by atoms with Crippen LogP contribution in [0.3, 0.4) is 0 Å². The fourth-order valence-electron chi connectivity index (χ4n) is 3.70. The van der Waals surface area contributed by atoms with Gasteiger partial charge in [0.1, 0.15) is 12.3 Å². The lowest BCUT2D eigenvalue weighted by Gasteiger charge is -2.14. The number of alkyl carbamates (subject to hydrolysis) is 1. The summed E-state index contributed by atoms with van der Waals surface area (Å²) in [5.74, 6) is 4.50. The molecule has 2 aromatic carbocycles. The van der Waals surface area contributed by atoms with Crippen LogP contribution in [0.1, 0.15) is 39.5 Å². The number of aromatic carboxylic acids is 1. The van der Waals surface area contributed by atoms with Gasteiger partial charge in [0.05, 0.1) is 5.56 Å². The molecule has 0 fully saturated rings. The number of pyridine rings is 1. The number of rotatable bonds is 5. The van der Waals surface area contributed by atoms with Crippen molar-refractivity contribution < 1.29 is 19.4 Å². The number of fused-ring (bicyclic) bond motifs is 3. The van der Waals surface area contributed by atoms with Crippen molar-refractivity contribution in [3.63, 3.8) is 0 Å². The highest BCUT2D eigenvalue weighted by Gasteiger charge is 2.28. The molecule has 0 aliphatic heterocycles. The number of hydrogen-bond acceptors (Lipinski definition) is 4. The van der Waals surface area contributed by atoms with Gasteiger partial charge in [-0.1, -0.05) is 54.5 Å². The number of amides is 1. The molecule has 1 aliphatic rings. The van der Waals surface area contributed by atoms with Crippen molar-refractivity contribution in [2.45, 2.75) is 12.3 Å². The zero-order valence-electron chi connectivity index (χ0n) is 16.7. The molecule has 0 spiro atoms. The van der Waals surface area contributed by atoms with E-state index in [1.165, 1.54) is 23.4 Å². The lowest BCUT2D eigenvalue weighted by Crippen LogP contribution is -2.26. The number of carbonyl (C=O) groups excluding carboxylic acids is 1. The van der Waals surface area contributed by atoms with Gasteiger partial charge >= 0.3 is 12.1 Å². The highest BCUT2D eigenvalue weighted by Crippen LogP contribution is 2.44. The summed E-state index contributed by atoms with van der Waals surface area (Å²) in [6.45, 7) is 0.542. The number of nitrogens with zero attached hydrogens (tertiary/aromatic N) is 1. The minimum Gasteiger partial charge on any atom is -0.478 e. The lowest BCUT2D eigenvalue weighted by molar-refractivity contribution is 0.0696. The van der Waals surface area contributed by atoms with Crippen molar-refractivity contribution in [1.82, 2.24) is 10.3 Å². The predicted molar refractivity (Wildman–Crippen MR) is 116 cm³/mol. The number of nitrogens with one attached hydrogen (secondary N) is 1. The van der Waals surface area contributed by atoms with Crippen molar-refractivity contribution in [3.05, 3.63) is 89.2 Å². The number of benzene rings is 2. The Labute approximate surface area is 179 Å². The van der Waals surface area contributed by atoms with Crippen molar-refractivity contribution in [1.29, 1.82) is 0 Å². The first-order valence-corrected chi connectivity index (χ1v) is 9.91. The maximum absolute atomic E-state index is 12.1. The molecule has 6 heteroatoms. The molecule has 4 rings (SSSR count). The van der Waals surface area contributed by atoms with Gasteiger partial charge in [0, 0.05) is 25.1 Å². The standard InChI is InChI=1S/C25H20N2O4/c28-24(29)21-12-7-15-26-23(21)13-5-6-14-27-25(30)31-16-22-19-10-3-1-8-17(19)18-9-2-4-11-20(18)22/h1-4,7-12,15,22H,6,14,16H2,(H,27,30)(H,28,29). The number of carboxylic acid groups (broad SMARTS) is 1. The molecule has 154 valence electrons. The molecular formula is C25H20N2O4. The van der Waals surface area contributed by atoms with E-state index < -0.39 is 12.1 Å². The summed E-state index contributed by atoms with van der Waals surface area (Å²) >= 11 is 0. The van der Waals surface area contributed by atoms with Crippen LogP contribution in [0, 0.1) is 11.8 Å². The Morgan fingerprint density at radius 2 is 1.68 bits per heavy atom. The Balaban J connectivity index is 1.30. The molecule has 0 saturated carbocycles. The number of carboxylic acids is 1. The molecule has 0 unspecified atom stereocenters. The smallest absolute Gasteiger partial charge is 0.407 e. The van der Waals surface area contributed by atoms with E-state index in [2.05, 4.69) is 46.4 Å². The van der Waals surface area contributed by atoms with Crippen LogP contribution in [0.5, 0.6) is 0 Å². The third-order valence-corrected chi connectivity index (χ3v) is 5.11. The number of hydrogen-bond donors (Lipinski definition) is 2. The Morgan fingerprint density at radius 3 is 2.35 bits per heavy atom. The van der Waals surface area contributed by atoms with Gasteiger partial charge in [-0.3, -0.25) is 0 Å². The summed E-state index contributed by atoms with van der Waals surface area (Å²) in [5, 5.41) is 11.8. The van der Waals surface area contributed by atoms with E-state index in [0.29, 0.717) is 13.0 Å². The van der Waals surface area contributed by atoms with Crippen LogP contribution < -0.4 is 5.32 Å². The molecule has 1 heterocycles. The fraction of sp³-hybridized carbons (Fsp3) is 0.160. The Kier molecular flexibility index (Phi) is 5.95. The summed E-state index contributed by atoms with van der Waals surface area (Å²) in [7, 11) is 0. The summed E-state index contributed by atoms with van der Waals surface area (Å²) in [5.41, 5.74) is 4.94. The number of aromatic nitrogens is 1. The molecule has 0 bridgehead atoms. The monoisotopic (exact) mass is 412 g/mol. The highest BCUT2D eigenvalue weighted by atomic mass is 16.5. The van der Waals surface area contributed by atoms with Gasteiger partial charge < -0.3 is 15.2 Å². The molecule has 1 amide bonds. The van der Waals surface area contributed by atoms with Crippen molar-refractivity contribution in [2.24, 2.45) is 0 Å². The Hall–Kier alpha value is -4.11. The summed E-state index contributed by atoms with van der Waals surface area (Å²) in [4.78, 5) is 27.3. The van der Waals surface area contributed by atoms with Gasteiger partial charge in [0.2, 0.25) is 0 Å². The Bertz CT molecular complexity index is 1150. The average molecular weight is 412 g/mol. The first-order valence-electron chi connectivity index (χ1n) is 9.91. The molecule has 1 aliphatic carbocycles. The van der Waals surface area contributed by atoms with Crippen LogP contribution >= 0.6 is 0 Å². The van der Waals surface area contributed by atoms with E-state index >= 15 is 0 Å². The third-order valence-electron chi connectivity index (χ3n) is 5.11. The summed E-state index contributed by atoms with van der Waals surface area (Å²) in [6.07, 6.45) is 1.33. The fourth-order valence-corrected chi connectivity index (χ4v) is 3.70. The first kappa shape index (κ1) is 20.2. The summed E-state index contributed by atoms with van der Waals surface area (Å²) in [6, 6.07) is 19.3. The van der Waals surface area contributed by atoms with Crippen LogP contribution in [0.15, 0.2) is 66.9 Å². The maximum atomic E-state index is 12.1. The van der Waals surface area contributed by atoms with Crippen LogP contribution in [-0.4, -0.2) is 35.3 Å². The number of ether oxygens (including phenoxy) is 1. The largest absolute Gasteiger partial charge is 0.478 e. The molecule has 6 nitrogen and oxygen atoms in total. The van der Waals surface area contributed by atoms with Crippen molar-refractivity contribution in [3.8, 4) is 23.0 Å². The van der Waals surface area contributed by atoms with Crippen molar-refractivity contribution in [2.75, 3.05) is 13.2 Å². The maximum Gasteiger partial charge on any atom is 0.407 e. The van der Waals surface area contributed by atoms with Crippen LogP contribution in [0.25, 0.3) is 11.1 Å². The molecular weight excluding hydrogens is 392 g/mol. The van der Waals surface area contributed by atoms with Gasteiger partial charge in [-0.25, -0.2) is 14.6 Å². The van der Waals surface area contributed by atoms with E-state index in [1.807, 2.05) is 24.3 Å².